The molecular weight excluding hydrogens is 477 g/mol. The van der Waals surface area contributed by atoms with Gasteiger partial charge in [-0.2, -0.15) is 9.40 Å². The molecule has 4 rings (SSSR count). The number of aromatic nitrogens is 2. The predicted molar refractivity (Wildman–Crippen MR) is 126 cm³/mol. The summed E-state index contributed by atoms with van der Waals surface area (Å²) < 4.78 is 55.1. The van der Waals surface area contributed by atoms with Gasteiger partial charge in [0.15, 0.2) is 0 Å². The zero-order chi connectivity index (χ0) is 25.3. The van der Waals surface area contributed by atoms with Crippen molar-refractivity contribution in [3.05, 3.63) is 53.5 Å². The van der Waals surface area contributed by atoms with Gasteiger partial charge in [-0.05, 0) is 49.2 Å². The molecule has 0 aliphatic carbocycles. The van der Waals surface area contributed by atoms with Gasteiger partial charge >= 0.3 is 5.97 Å². The minimum absolute atomic E-state index is 0.101. The van der Waals surface area contributed by atoms with Crippen LogP contribution in [0.5, 0.6) is 5.75 Å². The van der Waals surface area contributed by atoms with Crippen molar-refractivity contribution >= 4 is 26.9 Å². The van der Waals surface area contributed by atoms with Crippen LogP contribution in [-0.4, -0.2) is 60.4 Å². The quantitative estimate of drug-likeness (QED) is 0.475. The highest BCUT2D eigenvalue weighted by atomic mass is 32.2. The lowest BCUT2D eigenvalue weighted by atomic mass is 10.1. The standard InChI is InChI=1S/C24H28FN3O6S/c1-4-34-18-6-8-23(16(9-18)14-33-3)35(31,32)27-12-15(2)22(13-27)28-21-10-17(25)5-7-19(21)20(26-28)11-24(29)30/h5-10,15,22H,4,11-14H2,1-3H3,(H,29,30)/t15-,22+/m1/s1. The van der Waals surface area contributed by atoms with Gasteiger partial charge in [0.2, 0.25) is 10.0 Å². The van der Waals surface area contributed by atoms with Gasteiger partial charge in [0.25, 0.3) is 0 Å². The molecule has 0 radical (unpaired) electrons. The van der Waals surface area contributed by atoms with Crippen LogP contribution in [0.3, 0.4) is 0 Å². The van der Waals surface area contributed by atoms with E-state index in [1.807, 2.05) is 13.8 Å². The number of benzene rings is 2. The molecule has 0 amide bonds. The van der Waals surface area contributed by atoms with Crippen LogP contribution in [0.2, 0.25) is 0 Å². The number of ether oxygens (including phenoxy) is 2. The third-order valence-electron chi connectivity index (χ3n) is 6.18. The molecule has 0 saturated carbocycles. The molecule has 2 aromatic carbocycles. The minimum atomic E-state index is -3.88. The fourth-order valence-corrected chi connectivity index (χ4v) is 6.34. The number of carboxylic acid groups (broad SMARTS) is 1. The van der Waals surface area contributed by atoms with E-state index in [1.165, 1.54) is 35.7 Å². The number of halogens is 1. The van der Waals surface area contributed by atoms with E-state index >= 15 is 0 Å². The summed E-state index contributed by atoms with van der Waals surface area (Å²) in [5.74, 6) is -1.12. The van der Waals surface area contributed by atoms with Crippen molar-refractivity contribution in [3.8, 4) is 5.75 Å². The number of nitrogens with zero attached hydrogens (tertiary/aromatic N) is 3. The van der Waals surface area contributed by atoms with Crippen LogP contribution < -0.4 is 4.74 Å². The lowest BCUT2D eigenvalue weighted by Crippen LogP contribution is -2.30. The highest BCUT2D eigenvalue weighted by Gasteiger charge is 2.40. The van der Waals surface area contributed by atoms with Gasteiger partial charge in [-0.1, -0.05) is 6.92 Å². The summed E-state index contributed by atoms with van der Waals surface area (Å²) in [6.45, 7) is 4.65. The summed E-state index contributed by atoms with van der Waals surface area (Å²) in [4.78, 5) is 11.5. The first-order chi connectivity index (χ1) is 16.6. The Morgan fingerprint density at radius 2 is 2.00 bits per heavy atom. The van der Waals surface area contributed by atoms with Crippen molar-refractivity contribution in [2.24, 2.45) is 5.92 Å². The van der Waals surface area contributed by atoms with Gasteiger partial charge < -0.3 is 14.6 Å². The monoisotopic (exact) mass is 505 g/mol. The maximum atomic E-state index is 14.1. The number of carbonyl (C=O) groups is 1. The molecule has 1 aromatic heterocycles. The fourth-order valence-electron chi connectivity index (χ4n) is 4.59. The van der Waals surface area contributed by atoms with Gasteiger partial charge in [0.1, 0.15) is 11.6 Å². The Labute approximate surface area is 203 Å². The van der Waals surface area contributed by atoms with Crippen molar-refractivity contribution in [2.75, 3.05) is 26.8 Å². The van der Waals surface area contributed by atoms with Crippen LogP contribution in [0.25, 0.3) is 10.9 Å². The summed E-state index contributed by atoms with van der Waals surface area (Å²) in [6.07, 6.45) is -0.315. The molecule has 35 heavy (non-hydrogen) atoms. The third-order valence-corrected chi connectivity index (χ3v) is 8.11. The molecule has 9 nitrogen and oxygen atoms in total. The number of sulfonamides is 1. The molecule has 0 bridgehead atoms. The molecule has 1 N–H and O–H groups in total. The second kappa shape index (κ2) is 9.92. The van der Waals surface area contributed by atoms with E-state index in [9.17, 15) is 22.7 Å². The fraction of sp³-hybridized carbons (Fsp3) is 0.417. The Hall–Kier alpha value is -3.02. The molecule has 1 saturated heterocycles. The lowest BCUT2D eigenvalue weighted by Gasteiger charge is -2.20. The van der Waals surface area contributed by atoms with Crippen LogP contribution in [0.1, 0.15) is 31.1 Å². The number of hydrogen-bond acceptors (Lipinski definition) is 6. The second-order valence-corrected chi connectivity index (χ2v) is 10.5. The Balaban J connectivity index is 1.70. The highest BCUT2D eigenvalue weighted by molar-refractivity contribution is 7.89. The SMILES string of the molecule is CCOc1ccc(S(=O)(=O)N2C[C@@H](C)[C@@H](n3nc(CC(=O)O)c4ccc(F)cc43)C2)c(COC)c1. The molecule has 0 unspecified atom stereocenters. The summed E-state index contributed by atoms with van der Waals surface area (Å²) in [5, 5.41) is 14.3. The zero-order valence-electron chi connectivity index (χ0n) is 19.8. The smallest absolute Gasteiger partial charge is 0.309 e. The van der Waals surface area contributed by atoms with Gasteiger partial charge in [-0.25, -0.2) is 12.8 Å². The van der Waals surface area contributed by atoms with Crippen molar-refractivity contribution in [1.29, 1.82) is 0 Å². The predicted octanol–water partition coefficient (Wildman–Crippen LogP) is 3.23. The summed E-state index contributed by atoms with van der Waals surface area (Å²) in [6, 6.07) is 8.49. The van der Waals surface area contributed by atoms with E-state index < -0.39 is 27.9 Å². The molecular formula is C24H28FN3O6S. The molecule has 1 aliphatic rings. The van der Waals surface area contributed by atoms with Gasteiger partial charge in [-0.15, -0.1) is 0 Å². The molecule has 11 heteroatoms. The Morgan fingerprint density at radius 3 is 2.69 bits per heavy atom. The van der Waals surface area contributed by atoms with Crippen LogP contribution >= 0.6 is 0 Å². The van der Waals surface area contributed by atoms with Gasteiger partial charge in [0, 0.05) is 31.1 Å². The lowest BCUT2D eigenvalue weighted by molar-refractivity contribution is -0.136. The van der Waals surface area contributed by atoms with E-state index in [1.54, 1.807) is 16.8 Å². The number of hydrogen-bond donors (Lipinski definition) is 1. The highest BCUT2D eigenvalue weighted by Crippen LogP contribution is 2.36. The van der Waals surface area contributed by atoms with E-state index in [2.05, 4.69) is 5.10 Å². The average molecular weight is 506 g/mol. The number of methoxy groups -OCH3 is 1. The normalized spacial score (nSPS) is 18.9. The molecule has 1 aliphatic heterocycles. The van der Waals surface area contributed by atoms with Crippen LogP contribution in [0.4, 0.5) is 4.39 Å². The van der Waals surface area contributed by atoms with Gasteiger partial charge in [-0.3, -0.25) is 9.48 Å². The molecule has 1 fully saturated rings. The van der Waals surface area contributed by atoms with E-state index in [-0.39, 0.29) is 36.9 Å². The Morgan fingerprint density at radius 1 is 1.23 bits per heavy atom. The maximum absolute atomic E-state index is 14.1. The summed E-state index contributed by atoms with van der Waals surface area (Å²) in [7, 11) is -2.39. The first kappa shape index (κ1) is 25.1. The molecule has 188 valence electrons. The maximum Gasteiger partial charge on any atom is 0.309 e. The largest absolute Gasteiger partial charge is 0.494 e. The molecule has 3 aromatic rings. The minimum Gasteiger partial charge on any atom is -0.494 e. The molecule has 0 spiro atoms. The first-order valence-electron chi connectivity index (χ1n) is 11.3. The van der Waals surface area contributed by atoms with Crippen molar-refractivity contribution in [1.82, 2.24) is 14.1 Å². The van der Waals surface area contributed by atoms with Crippen LogP contribution in [0, 0.1) is 11.7 Å². The number of fused-ring (bicyclic) bond motifs is 1. The van der Waals surface area contributed by atoms with Crippen molar-refractivity contribution in [3.63, 3.8) is 0 Å². The van der Waals surface area contributed by atoms with Crippen molar-refractivity contribution in [2.45, 2.75) is 37.8 Å². The molecule has 2 heterocycles. The Bertz CT molecular complexity index is 1360. The number of carboxylic acids is 1. The summed E-state index contributed by atoms with van der Waals surface area (Å²) in [5.41, 5.74) is 1.25. The number of aliphatic carboxylic acids is 1. The summed E-state index contributed by atoms with van der Waals surface area (Å²) >= 11 is 0. The van der Waals surface area contributed by atoms with E-state index in [0.29, 0.717) is 34.5 Å². The number of rotatable bonds is 9. The van der Waals surface area contributed by atoms with Crippen molar-refractivity contribution < 1.29 is 32.2 Å². The zero-order valence-corrected chi connectivity index (χ0v) is 20.6. The second-order valence-electron chi connectivity index (χ2n) is 8.63. The average Bonchev–Trinajstić information content (AvgIpc) is 3.34. The van der Waals surface area contributed by atoms with Crippen LogP contribution in [-0.2, 0) is 32.6 Å². The van der Waals surface area contributed by atoms with E-state index in [4.69, 9.17) is 9.47 Å². The van der Waals surface area contributed by atoms with Gasteiger partial charge in [0.05, 0.1) is 41.8 Å². The first-order valence-corrected chi connectivity index (χ1v) is 12.7. The van der Waals surface area contributed by atoms with Crippen LogP contribution in [0.15, 0.2) is 41.3 Å². The molecule has 2 atom stereocenters. The third kappa shape index (κ3) is 4.89. The topological polar surface area (TPSA) is 111 Å². The Kier molecular flexibility index (Phi) is 7.11. The van der Waals surface area contributed by atoms with E-state index in [0.717, 1.165) is 0 Å².